The first kappa shape index (κ1) is 16.5. The van der Waals surface area contributed by atoms with Crippen LogP contribution in [-0.2, 0) is 8.91 Å². The summed E-state index contributed by atoms with van der Waals surface area (Å²) in [7, 11) is -2.46. The van der Waals surface area contributed by atoms with Crippen molar-refractivity contribution in [3.05, 3.63) is 0 Å². The molecule has 0 aromatic carbocycles. The van der Waals surface area contributed by atoms with Crippen molar-refractivity contribution in [3.63, 3.8) is 0 Å². The third-order valence-electron chi connectivity index (χ3n) is 0.835. The zero-order valence-corrected chi connectivity index (χ0v) is 12.5. The van der Waals surface area contributed by atoms with E-state index in [1.807, 2.05) is 0 Å². The van der Waals surface area contributed by atoms with Gasteiger partial charge in [-0.2, -0.15) is 0 Å². The quantitative estimate of drug-likeness (QED) is 0.765. The Bertz CT molecular complexity index is 156. The van der Waals surface area contributed by atoms with Crippen LogP contribution in [0.2, 0.25) is 39.3 Å². The van der Waals surface area contributed by atoms with Gasteiger partial charge in [-0.15, -0.1) is 0 Å². The maximum atomic E-state index is 9.56. The maximum Gasteiger partial charge on any atom is 0.170 e. The summed E-state index contributed by atoms with van der Waals surface area (Å²) in [6.07, 6.45) is 0. The van der Waals surface area contributed by atoms with Gasteiger partial charge >= 0.3 is 0 Å². The summed E-state index contributed by atoms with van der Waals surface area (Å²) in [5.41, 5.74) is 0. The van der Waals surface area contributed by atoms with Crippen LogP contribution in [0.3, 0.4) is 0 Å². The van der Waals surface area contributed by atoms with Gasteiger partial charge in [0.05, 0.1) is 0 Å². The number of aliphatic hydroxyl groups is 1. The van der Waals surface area contributed by atoms with E-state index in [1.165, 1.54) is 6.92 Å². The lowest BCUT2D eigenvalue weighted by Gasteiger charge is -2.27. The Morgan fingerprint density at radius 2 is 1.29 bits per heavy atom. The van der Waals surface area contributed by atoms with Crippen LogP contribution in [0.25, 0.3) is 0 Å². The molecule has 14 heavy (non-hydrogen) atoms. The predicted octanol–water partition coefficient (Wildman–Crippen LogP) is 2.24. The molecule has 3 nitrogen and oxygen atoms in total. The molecule has 0 heterocycles. The predicted molar refractivity (Wildman–Crippen MR) is 65.5 cm³/mol. The third-order valence-corrected chi connectivity index (χ3v) is 5.73. The molecule has 0 fully saturated rings. The highest BCUT2D eigenvalue weighted by Gasteiger charge is 2.24. The molecule has 0 aliphatic rings. The van der Waals surface area contributed by atoms with Gasteiger partial charge in [-0.3, -0.25) is 4.79 Å². The summed E-state index contributed by atoms with van der Waals surface area (Å²) >= 11 is 0. The lowest BCUT2D eigenvalue weighted by molar-refractivity contribution is -0.119. The van der Waals surface area contributed by atoms with Gasteiger partial charge in [-0.05, 0) is 46.2 Å². The Morgan fingerprint density at radius 1 is 1.07 bits per heavy atom. The summed E-state index contributed by atoms with van der Waals surface area (Å²) in [4.78, 5) is 9.56. The van der Waals surface area contributed by atoms with Crippen molar-refractivity contribution < 1.29 is 14.0 Å². The maximum absolute atomic E-state index is 9.56. The van der Waals surface area contributed by atoms with Gasteiger partial charge in [-0.1, -0.05) is 0 Å². The van der Waals surface area contributed by atoms with E-state index in [2.05, 4.69) is 39.3 Å². The second-order valence-corrected chi connectivity index (χ2v) is 14.5. The number of ketones is 1. The Morgan fingerprint density at radius 3 is 1.29 bits per heavy atom. The van der Waals surface area contributed by atoms with Crippen molar-refractivity contribution in [2.75, 3.05) is 6.61 Å². The van der Waals surface area contributed by atoms with Crippen molar-refractivity contribution in [1.29, 1.82) is 0 Å². The highest BCUT2D eigenvalue weighted by Crippen LogP contribution is 2.12. The minimum atomic E-state index is -1.23. The lowest BCUT2D eigenvalue weighted by Crippen LogP contribution is -2.39. The summed E-state index contributed by atoms with van der Waals surface area (Å²) in [5.74, 6) is -0.190. The second kappa shape index (κ2) is 6.50. The number of Topliss-reactive ketones (excluding diaryl/α,β-unsaturated/α-hetero) is 1. The Balaban J connectivity index is 0. The minimum absolute atomic E-state index is 0.190. The first-order valence-corrected chi connectivity index (χ1v) is 11.6. The van der Waals surface area contributed by atoms with Crippen molar-refractivity contribution in [3.8, 4) is 0 Å². The molecular weight excluding hydrogens is 212 g/mol. The van der Waals surface area contributed by atoms with E-state index in [0.717, 1.165) is 0 Å². The molecule has 0 saturated heterocycles. The molecule has 1 N–H and O–H groups in total. The van der Waals surface area contributed by atoms with Crippen LogP contribution >= 0.6 is 0 Å². The van der Waals surface area contributed by atoms with Gasteiger partial charge in [0, 0.05) is 0 Å². The molecular formula is C9H24O3Si2. The van der Waals surface area contributed by atoms with E-state index in [9.17, 15) is 4.79 Å². The molecule has 0 aliphatic carbocycles. The van der Waals surface area contributed by atoms with Crippen molar-refractivity contribution in [2.45, 2.75) is 46.2 Å². The number of carbonyl (C=O) groups excluding carboxylic acids is 1. The van der Waals surface area contributed by atoms with E-state index in [0.29, 0.717) is 0 Å². The molecule has 0 atom stereocenters. The van der Waals surface area contributed by atoms with Gasteiger partial charge in [0.1, 0.15) is 6.61 Å². The van der Waals surface area contributed by atoms with Crippen LogP contribution in [0.5, 0.6) is 0 Å². The van der Waals surface area contributed by atoms with Gasteiger partial charge in [0.15, 0.2) is 22.4 Å². The topological polar surface area (TPSA) is 46.5 Å². The van der Waals surface area contributed by atoms with E-state index in [4.69, 9.17) is 9.22 Å². The molecule has 0 unspecified atom stereocenters. The van der Waals surface area contributed by atoms with Crippen molar-refractivity contribution in [2.24, 2.45) is 0 Å². The normalized spacial score (nSPS) is 11.7. The average Bonchev–Trinajstić information content (AvgIpc) is 1.80. The highest BCUT2D eigenvalue weighted by molar-refractivity contribution is 6.83. The van der Waals surface area contributed by atoms with E-state index >= 15 is 0 Å². The average molecular weight is 236 g/mol. The second-order valence-electron chi connectivity index (χ2n) is 5.19. The van der Waals surface area contributed by atoms with E-state index < -0.39 is 16.6 Å². The molecule has 0 radical (unpaired) electrons. The molecule has 0 bridgehead atoms. The molecule has 0 spiro atoms. The number of hydrogen-bond donors (Lipinski definition) is 1. The van der Waals surface area contributed by atoms with Crippen LogP contribution < -0.4 is 0 Å². The van der Waals surface area contributed by atoms with Crippen LogP contribution in [0.1, 0.15) is 6.92 Å². The molecule has 86 valence electrons. The minimum Gasteiger partial charge on any atom is -0.456 e. The molecule has 0 rings (SSSR count). The van der Waals surface area contributed by atoms with Gasteiger partial charge in [-0.25, -0.2) is 0 Å². The standard InChI is InChI=1S/C6H18OSi2.C3H6O2/c1-8(2,3)7-9(4,5)6;1-3(5)2-4/h1-6H3;4H,2H2,1H3. The molecule has 0 aromatic heterocycles. The first-order valence-electron chi connectivity index (χ1n) is 4.78. The monoisotopic (exact) mass is 236 g/mol. The van der Waals surface area contributed by atoms with Gasteiger partial charge < -0.3 is 9.22 Å². The van der Waals surface area contributed by atoms with E-state index in [-0.39, 0.29) is 12.4 Å². The van der Waals surface area contributed by atoms with Crippen molar-refractivity contribution >= 4 is 22.4 Å². The third kappa shape index (κ3) is 22.7. The lowest BCUT2D eigenvalue weighted by atomic mass is 10.5. The zero-order chi connectivity index (χ0) is 12.0. The summed E-state index contributed by atoms with van der Waals surface area (Å²) in [5, 5.41) is 7.79. The Hall–Kier alpha value is 0.0238. The number of aliphatic hydroxyl groups excluding tert-OH is 1. The van der Waals surface area contributed by atoms with Crippen LogP contribution in [0.4, 0.5) is 0 Å². The molecule has 5 heteroatoms. The van der Waals surface area contributed by atoms with Crippen LogP contribution in [0, 0.1) is 0 Å². The number of hydrogen-bond acceptors (Lipinski definition) is 3. The fraction of sp³-hybridized carbons (Fsp3) is 0.889. The Kier molecular flexibility index (Phi) is 7.64. The number of carbonyl (C=O) groups is 1. The fourth-order valence-corrected chi connectivity index (χ4v) is 8.27. The first-order chi connectivity index (χ1) is 5.98. The van der Waals surface area contributed by atoms with Crippen LogP contribution in [-0.4, -0.2) is 34.1 Å². The van der Waals surface area contributed by atoms with Crippen molar-refractivity contribution in [1.82, 2.24) is 0 Å². The molecule has 0 aliphatic heterocycles. The fourth-order valence-electron chi connectivity index (χ4n) is 0.919. The van der Waals surface area contributed by atoms with Gasteiger partial charge in [0.25, 0.3) is 0 Å². The molecule has 0 saturated carbocycles. The largest absolute Gasteiger partial charge is 0.456 e. The Labute approximate surface area is 89.7 Å². The summed E-state index contributed by atoms with van der Waals surface area (Å²) < 4.78 is 5.90. The summed E-state index contributed by atoms with van der Waals surface area (Å²) in [6.45, 7) is 14.4. The molecule has 0 amide bonds. The highest BCUT2D eigenvalue weighted by atomic mass is 28.4. The SMILES string of the molecule is CC(=O)CO.C[Si](C)(C)O[Si](C)(C)C. The summed E-state index contributed by atoms with van der Waals surface area (Å²) in [6, 6.07) is 0. The van der Waals surface area contributed by atoms with Crippen LogP contribution in [0.15, 0.2) is 0 Å². The number of rotatable bonds is 3. The zero-order valence-electron chi connectivity index (χ0n) is 10.5. The van der Waals surface area contributed by atoms with Gasteiger partial charge in [0.2, 0.25) is 0 Å². The molecule has 0 aromatic rings. The van der Waals surface area contributed by atoms with E-state index in [1.54, 1.807) is 0 Å². The smallest absolute Gasteiger partial charge is 0.170 e.